The zero-order chi connectivity index (χ0) is 15.2. The van der Waals surface area contributed by atoms with E-state index in [1.807, 2.05) is 12.1 Å². The summed E-state index contributed by atoms with van der Waals surface area (Å²) in [6.45, 7) is -2.89. The predicted molar refractivity (Wildman–Crippen MR) is 75.2 cm³/mol. The molecule has 0 aromatic heterocycles. The molecule has 0 spiro atoms. The molecule has 0 heterocycles. The number of methoxy groups -OCH3 is 1. The van der Waals surface area contributed by atoms with Crippen LogP contribution in [0.1, 0.15) is 17.2 Å². The van der Waals surface area contributed by atoms with Crippen LogP contribution in [0.4, 0.5) is 8.78 Å². The van der Waals surface area contributed by atoms with Gasteiger partial charge in [-0.2, -0.15) is 8.78 Å². The van der Waals surface area contributed by atoms with Crippen molar-refractivity contribution in [1.82, 2.24) is 5.43 Å². The van der Waals surface area contributed by atoms with Gasteiger partial charge >= 0.3 is 6.61 Å². The van der Waals surface area contributed by atoms with Crippen molar-refractivity contribution in [1.29, 1.82) is 0 Å². The number of alkyl halides is 2. The van der Waals surface area contributed by atoms with Gasteiger partial charge in [-0.05, 0) is 23.8 Å². The third kappa shape index (κ3) is 3.68. The molecule has 0 aliphatic heterocycles. The fourth-order valence-electron chi connectivity index (χ4n) is 2.08. The van der Waals surface area contributed by atoms with Gasteiger partial charge < -0.3 is 9.47 Å². The first kappa shape index (κ1) is 15.2. The van der Waals surface area contributed by atoms with E-state index in [9.17, 15) is 8.78 Å². The lowest BCUT2D eigenvalue weighted by Crippen LogP contribution is -2.29. The second kappa shape index (κ2) is 7.01. The highest BCUT2D eigenvalue weighted by Gasteiger charge is 2.18. The van der Waals surface area contributed by atoms with Crippen molar-refractivity contribution in [3.63, 3.8) is 0 Å². The number of halogens is 2. The molecule has 6 heteroatoms. The number of ether oxygens (including phenoxy) is 2. The van der Waals surface area contributed by atoms with Crippen molar-refractivity contribution < 1.29 is 18.3 Å². The second-order valence-corrected chi connectivity index (χ2v) is 4.29. The summed E-state index contributed by atoms with van der Waals surface area (Å²) in [4.78, 5) is 0. The first-order valence-corrected chi connectivity index (χ1v) is 6.29. The van der Waals surface area contributed by atoms with Crippen molar-refractivity contribution in [3.05, 3.63) is 59.7 Å². The van der Waals surface area contributed by atoms with Crippen LogP contribution in [-0.4, -0.2) is 13.7 Å². The Morgan fingerprint density at radius 3 is 2.29 bits per heavy atom. The highest BCUT2D eigenvalue weighted by molar-refractivity contribution is 5.42. The van der Waals surface area contributed by atoms with Crippen molar-refractivity contribution in [2.75, 3.05) is 7.11 Å². The summed E-state index contributed by atoms with van der Waals surface area (Å²) in [6, 6.07) is 13.2. The molecule has 2 aromatic rings. The Labute approximate surface area is 121 Å². The van der Waals surface area contributed by atoms with Crippen molar-refractivity contribution >= 4 is 0 Å². The van der Waals surface area contributed by atoms with E-state index in [1.165, 1.54) is 6.07 Å². The maximum atomic E-state index is 12.5. The first-order valence-electron chi connectivity index (χ1n) is 6.29. The lowest BCUT2D eigenvalue weighted by atomic mass is 9.98. The molecule has 0 radical (unpaired) electrons. The zero-order valence-electron chi connectivity index (χ0n) is 11.4. The third-order valence-corrected chi connectivity index (χ3v) is 3.06. The SMILES string of the molecule is COc1ccc(C(NN)c2ccccc2OC(F)F)cc1. The molecular weight excluding hydrogens is 278 g/mol. The van der Waals surface area contributed by atoms with Crippen LogP contribution in [0.3, 0.4) is 0 Å². The normalized spacial score (nSPS) is 12.2. The van der Waals surface area contributed by atoms with Crippen LogP contribution < -0.4 is 20.7 Å². The Hall–Kier alpha value is -2.18. The first-order chi connectivity index (χ1) is 10.2. The van der Waals surface area contributed by atoms with Gasteiger partial charge in [0.2, 0.25) is 0 Å². The van der Waals surface area contributed by atoms with Gasteiger partial charge in [0, 0.05) is 5.56 Å². The minimum absolute atomic E-state index is 0.0891. The number of rotatable bonds is 6. The van der Waals surface area contributed by atoms with Crippen molar-refractivity contribution in [2.45, 2.75) is 12.7 Å². The highest BCUT2D eigenvalue weighted by Crippen LogP contribution is 2.31. The van der Waals surface area contributed by atoms with E-state index in [1.54, 1.807) is 37.4 Å². The van der Waals surface area contributed by atoms with Crippen molar-refractivity contribution in [3.8, 4) is 11.5 Å². The highest BCUT2D eigenvalue weighted by atomic mass is 19.3. The van der Waals surface area contributed by atoms with Crippen LogP contribution in [0, 0.1) is 0 Å². The van der Waals surface area contributed by atoms with E-state index in [4.69, 9.17) is 10.6 Å². The Morgan fingerprint density at radius 2 is 1.71 bits per heavy atom. The molecule has 0 bridgehead atoms. The lowest BCUT2D eigenvalue weighted by molar-refractivity contribution is -0.0506. The lowest BCUT2D eigenvalue weighted by Gasteiger charge is -2.20. The number of nitrogens with two attached hydrogens (primary N) is 1. The number of para-hydroxylation sites is 1. The summed E-state index contributed by atoms with van der Waals surface area (Å²) >= 11 is 0. The van der Waals surface area contributed by atoms with Gasteiger partial charge in [-0.1, -0.05) is 30.3 Å². The molecule has 112 valence electrons. The van der Waals surface area contributed by atoms with Gasteiger partial charge in [0.25, 0.3) is 0 Å². The average molecular weight is 294 g/mol. The summed E-state index contributed by atoms with van der Waals surface area (Å²) < 4.78 is 34.6. The number of hydrogen-bond acceptors (Lipinski definition) is 4. The van der Waals surface area contributed by atoms with Gasteiger partial charge in [-0.3, -0.25) is 5.84 Å². The Kier molecular flexibility index (Phi) is 5.08. The molecule has 0 saturated carbocycles. The quantitative estimate of drug-likeness (QED) is 0.635. The van der Waals surface area contributed by atoms with E-state index < -0.39 is 12.7 Å². The summed E-state index contributed by atoms with van der Waals surface area (Å²) in [5, 5.41) is 0. The Bertz CT molecular complexity index is 576. The smallest absolute Gasteiger partial charge is 0.387 e. The Morgan fingerprint density at radius 1 is 1.05 bits per heavy atom. The average Bonchev–Trinajstić information content (AvgIpc) is 2.50. The minimum Gasteiger partial charge on any atom is -0.497 e. The van der Waals surface area contributed by atoms with Gasteiger partial charge in [0.1, 0.15) is 11.5 Å². The van der Waals surface area contributed by atoms with Gasteiger partial charge in [0.05, 0.1) is 13.2 Å². The van der Waals surface area contributed by atoms with Crippen LogP contribution in [0.5, 0.6) is 11.5 Å². The molecule has 2 aromatic carbocycles. The largest absolute Gasteiger partial charge is 0.497 e. The molecule has 0 aliphatic carbocycles. The molecular formula is C15H16F2N2O2. The minimum atomic E-state index is -2.89. The second-order valence-electron chi connectivity index (χ2n) is 4.29. The molecule has 0 amide bonds. The fourth-order valence-corrected chi connectivity index (χ4v) is 2.08. The fraction of sp³-hybridized carbons (Fsp3) is 0.200. The Balaban J connectivity index is 2.36. The topological polar surface area (TPSA) is 56.5 Å². The van der Waals surface area contributed by atoms with E-state index in [0.29, 0.717) is 11.3 Å². The van der Waals surface area contributed by atoms with E-state index >= 15 is 0 Å². The monoisotopic (exact) mass is 294 g/mol. The number of nitrogens with one attached hydrogen (secondary N) is 1. The molecule has 21 heavy (non-hydrogen) atoms. The van der Waals surface area contributed by atoms with Crippen LogP contribution >= 0.6 is 0 Å². The summed E-state index contributed by atoms with van der Waals surface area (Å²) in [7, 11) is 1.57. The molecule has 0 saturated heterocycles. The molecule has 0 fully saturated rings. The summed E-state index contributed by atoms with van der Waals surface area (Å²) in [6.07, 6.45) is 0. The van der Waals surface area contributed by atoms with Crippen LogP contribution in [-0.2, 0) is 0 Å². The van der Waals surface area contributed by atoms with Gasteiger partial charge in [-0.25, -0.2) is 5.43 Å². The molecule has 1 unspecified atom stereocenters. The molecule has 1 atom stereocenters. The standard InChI is InChI=1S/C15H16F2N2O2/c1-20-11-8-6-10(7-9-11)14(19-18)12-4-2-3-5-13(12)21-15(16)17/h2-9,14-15,19H,18H2,1H3. The maximum Gasteiger partial charge on any atom is 0.387 e. The number of benzene rings is 2. The third-order valence-electron chi connectivity index (χ3n) is 3.06. The predicted octanol–water partition coefficient (Wildman–Crippen LogP) is 2.85. The zero-order valence-corrected chi connectivity index (χ0v) is 11.4. The molecule has 0 aliphatic rings. The van der Waals surface area contributed by atoms with E-state index in [-0.39, 0.29) is 5.75 Å². The van der Waals surface area contributed by atoms with Gasteiger partial charge in [0.15, 0.2) is 0 Å². The van der Waals surface area contributed by atoms with Crippen molar-refractivity contribution in [2.24, 2.45) is 5.84 Å². The van der Waals surface area contributed by atoms with E-state index in [0.717, 1.165) is 5.56 Å². The maximum absolute atomic E-state index is 12.5. The summed E-state index contributed by atoms with van der Waals surface area (Å²) in [5.74, 6) is 6.37. The summed E-state index contributed by atoms with van der Waals surface area (Å²) in [5.41, 5.74) is 3.96. The molecule has 3 N–H and O–H groups in total. The van der Waals surface area contributed by atoms with Crippen LogP contribution in [0.2, 0.25) is 0 Å². The van der Waals surface area contributed by atoms with Crippen LogP contribution in [0.15, 0.2) is 48.5 Å². The van der Waals surface area contributed by atoms with E-state index in [2.05, 4.69) is 10.2 Å². The molecule has 4 nitrogen and oxygen atoms in total. The number of hydrazine groups is 1. The van der Waals surface area contributed by atoms with Crippen LogP contribution in [0.25, 0.3) is 0 Å². The van der Waals surface area contributed by atoms with Gasteiger partial charge in [-0.15, -0.1) is 0 Å². The number of hydrogen-bond donors (Lipinski definition) is 2. The molecule has 2 rings (SSSR count).